The third-order valence-electron chi connectivity index (χ3n) is 2.38. The lowest BCUT2D eigenvalue weighted by atomic mass is 10.2. The van der Waals surface area contributed by atoms with E-state index in [1.165, 1.54) is 0 Å². The largest absolute Gasteiger partial charge is 0.326 e. The van der Waals surface area contributed by atoms with E-state index in [-0.39, 0.29) is 0 Å². The van der Waals surface area contributed by atoms with Crippen LogP contribution in [-0.4, -0.2) is 15.0 Å². The van der Waals surface area contributed by atoms with E-state index < -0.39 is 0 Å². The third kappa shape index (κ3) is 2.81. The molecule has 0 amide bonds. The van der Waals surface area contributed by atoms with Gasteiger partial charge >= 0.3 is 0 Å². The minimum Gasteiger partial charge on any atom is -0.326 e. The first-order valence-electron chi connectivity index (χ1n) is 5.31. The van der Waals surface area contributed by atoms with Crippen LogP contribution >= 0.6 is 11.8 Å². The van der Waals surface area contributed by atoms with Gasteiger partial charge in [-0.25, -0.2) is 4.98 Å². The Hall–Kier alpha value is -1.46. The number of nitrogens with zero attached hydrogens (tertiary/aromatic N) is 3. The van der Waals surface area contributed by atoms with E-state index in [9.17, 15) is 0 Å². The molecular weight excluding hydrogens is 232 g/mol. The molecule has 5 heteroatoms. The number of pyridine rings is 1. The van der Waals surface area contributed by atoms with E-state index in [1.807, 2.05) is 19.9 Å². The SMILES string of the molecule is Cc1cc(Sc2cnccn2)c(CN)c(C)n1. The van der Waals surface area contributed by atoms with Crippen LogP contribution in [0.3, 0.4) is 0 Å². The molecule has 88 valence electrons. The van der Waals surface area contributed by atoms with Gasteiger partial charge in [0.2, 0.25) is 0 Å². The molecule has 0 spiro atoms. The van der Waals surface area contributed by atoms with Crippen molar-refractivity contribution in [1.29, 1.82) is 0 Å². The fourth-order valence-corrected chi connectivity index (χ4v) is 2.65. The van der Waals surface area contributed by atoms with Gasteiger partial charge in [-0.3, -0.25) is 9.97 Å². The molecule has 0 unspecified atom stereocenters. The molecule has 4 nitrogen and oxygen atoms in total. The predicted octanol–water partition coefficient (Wildman–Crippen LogP) is 2.10. The highest BCUT2D eigenvalue weighted by Crippen LogP contribution is 2.30. The standard InChI is InChI=1S/C12H14N4S/c1-8-5-11(10(6-13)9(2)16-8)17-12-7-14-3-4-15-12/h3-5,7H,6,13H2,1-2H3. The van der Waals surface area contributed by atoms with Gasteiger partial charge in [0.15, 0.2) is 0 Å². The van der Waals surface area contributed by atoms with Gasteiger partial charge in [0.1, 0.15) is 5.03 Å². The number of aromatic nitrogens is 3. The summed E-state index contributed by atoms with van der Waals surface area (Å²) in [5.74, 6) is 0. The van der Waals surface area contributed by atoms with Gasteiger partial charge < -0.3 is 5.73 Å². The second kappa shape index (κ2) is 5.25. The van der Waals surface area contributed by atoms with Crippen LogP contribution in [0.2, 0.25) is 0 Å². The minimum atomic E-state index is 0.488. The van der Waals surface area contributed by atoms with Gasteiger partial charge in [-0.05, 0) is 19.9 Å². The van der Waals surface area contributed by atoms with Crippen molar-refractivity contribution in [2.24, 2.45) is 5.73 Å². The van der Waals surface area contributed by atoms with Crippen molar-refractivity contribution in [1.82, 2.24) is 15.0 Å². The monoisotopic (exact) mass is 246 g/mol. The number of nitrogens with two attached hydrogens (primary N) is 1. The molecule has 0 aliphatic heterocycles. The number of hydrogen-bond donors (Lipinski definition) is 1. The minimum absolute atomic E-state index is 0.488. The molecule has 0 saturated heterocycles. The van der Waals surface area contributed by atoms with Crippen LogP contribution in [0.4, 0.5) is 0 Å². The molecule has 0 aliphatic rings. The van der Waals surface area contributed by atoms with E-state index in [2.05, 4.69) is 15.0 Å². The predicted molar refractivity (Wildman–Crippen MR) is 67.8 cm³/mol. The first kappa shape index (κ1) is 12.0. The maximum Gasteiger partial charge on any atom is 0.119 e. The molecule has 0 aromatic carbocycles. The molecule has 0 bridgehead atoms. The normalized spacial score (nSPS) is 10.5. The zero-order valence-electron chi connectivity index (χ0n) is 9.84. The topological polar surface area (TPSA) is 64.7 Å². The van der Waals surface area contributed by atoms with E-state index >= 15 is 0 Å². The summed E-state index contributed by atoms with van der Waals surface area (Å²) in [6.45, 7) is 4.45. The van der Waals surface area contributed by atoms with Crippen LogP contribution in [0.15, 0.2) is 34.6 Å². The van der Waals surface area contributed by atoms with Gasteiger partial charge in [0, 0.05) is 40.8 Å². The van der Waals surface area contributed by atoms with Crippen LogP contribution < -0.4 is 5.73 Å². The molecule has 2 aromatic heterocycles. The van der Waals surface area contributed by atoms with Gasteiger partial charge in [-0.1, -0.05) is 11.8 Å². The summed E-state index contributed by atoms with van der Waals surface area (Å²) in [6.07, 6.45) is 5.10. The summed E-state index contributed by atoms with van der Waals surface area (Å²) in [7, 11) is 0. The summed E-state index contributed by atoms with van der Waals surface area (Å²) in [5, 5.41) is 0.868. The lowest BCUT2D eigenvalue weighted by molar-refractivity contribution is 0.942. The number of hydrogen-bond acceptors (Lipinski definition) is 5. The first-order valence-corrected chi connectivity index (χ1v) is 6.13. The molecule has 2 aromatic rings. The van der Waals surface area contributed by atoms with E-state index in [4.69, 9.17) is 5.73 Å². The maximum absolute atomic E-state index is 5.77. The van der Waals surface area contributed by atoms with Gasteiger partial charge in [-0.2, -0.15) is 0 Å². The van der Waals surface area contributed by atoms with Crippen LogP contribution in [0, 0.1) is 13.8 Å². The Balaban J connectivity index is 2.38. The Kier molecular flexibility index (Phi) is 3.71. The molecule has 2 heterocycles. The van der Waals surface area contributed by atoms with Gasteiger partial charge in [-0.15, -0.1) is 0 Å². The molecule has 0 aliphatic carbocycles. The van der Waals surface area contributed by atoms with E-state index in [1.54, 1.807) is 30.4 Å². The Bertz CT molecular complexity index is 513. The van der Waals surface area contributed by atoms with Crippen molar-refractivity contribution in [3.63, 3.8) is 0 Å². The second-order valence-electron chi connectivity index (χ2n) is 3.68. The maximum atomic E-state index is 5.77. The Morgan fingerprint density at radius 2 is 2.12 bits per heavy atom. The molecule has 0 saturated carbocycles. The van der Waals surface area contributed by atoms with Crippen molar-refractivity contribution in [3.8, 4) is 0 Å². The molecule has 2 rings (SSSR count). The molecule has 0 radical (unpaired) electrons. The van der Waals surface area contributed by atoms with E-state index in [0.717, 1.165) is 26.9 Å². The highest BCUT2D eigenvalue weighted by molar-refractivity contribution is 7.99. The Labute approximate surface area is 105 Å². The smallest absolute Gasteiger partial charge is 0.119 e. The van der Waals surface area contributed by atoms with Crippen molar-refractivity contribution >= 4 is 11.8 Å². The summed E-state index contributed by atoms with van der Waals surface area (Å²) in [5.41, 5.74) is 8.82. The van der Waals surface area contributed by atoms with Crippen molar-refractivity contribution in [2.75, 3.05) is 0 Å². The number of rotatable bonds is 3. The average Bonchev–Trinajstić information content (AvgIpc) is 2.30. The Morgan fingerprint density at radius 3 is 2.76 bits per heavy atom. The lowest BCUT2D eigenvalue weighted by Gasteiger charge is -2.10. The van der Waals surface area contributed by atoms with Crippen LogP contribution in [-0.2, 0) is 6.54 Å². The second-order valence-corrected chi connectivity index (χ2v) is 4.74. The summed E-state index contributed by atoms with van der Waals surface area (Å²) >= 11 is 1.57. The van der Waals surface area contributed by atoms with Gasteiger partial charge in [0.05, 0.1) is 6.20 Å². The summed E-state index contributed by atoms with van der Waals surface area (Å²) in [6, 6.07) is 2.04. The molecule has 2 N–H and O–H groups in total. The summed E-state index contributed by atoms with van der Waals surface area (Å²) < 4.78 is 0. The highest BCUT2D eigenvalue weighted by Gasteiger charge is 2.09. The quantitative estimate of drug-likeness (QED) is 0.898. The molecule has 17 heavy (non-hydrogen) atoms. The van der Waals surface area contributed by atoms with Gasteiger partial charge in [0.25, 0.3) is 0 Å². The molecular formula is C12H14N4S. The molecule has 0 fully saturated rings. The fraction of sp³-hybridized carbons (Fsp3) is 0.250. The third-order valence-corrected chi connectivity index (χ3v) is 3.38. The van der Waals surface area contributed by atoms with Crippen molar-refractivity contribution < 1.29 is 0 Å². The summed E-state index contributed by atoms with van der Waals surface area (Å²) in [4.78, 5) is 13.8. The van der Waals surface area contributed by atoms with Crippen LogP contribution in [0.5, 0.6) is 0 Å². The highest BCUT2D eigenvalue weighted by atomic mass is 32.2. The lowest BCUT2D eigenvalue weighted by Crippen LogP contribution is -2.04. The zero-order valence-corrected chi connectivity index (χ0v) is 10.7. The van der Waals surface area contributed by atoms with Crippen molar-refractivity contribution in [2.45, 2.75) is 30.3 Å². The fourth-order valence-electron chi connectivity index (χ4n) is 1.61. The van der Waals surface area contributed by atoms with Crippen LogP contribution in [0.25, 0.3) is 0 Å². The van der Waals surface area contributed by atoms with E-state index in [0.29, 0.717) is 6.54 Å². The zero-order chi connectivity index (χ0) is 12.3. The number of aryl methyl sites for hydroxylation is 2. The first-order chi connectivity index (χ1) is 8.20. The Morgan fingerprint density at radius 1 is 1.29 bits per heavy atom. The van der Waals surface area contributed by atoms with Crippen LogP contribution in [0.1, 0.15) is 17.0 Å². The average molecular weight is 246 g/mol. The van der Waals surface area contributed by atoms with Crippen molar-refractivity contribution in [3.05, 3.63) is 41.6 Å². The molecule has 0 atom stereocenters.